The largest absolute Gasteiger partial charge is 0.378 e. The van der Waals surface area contributed by atoms with E-state index in [1.54, 1.807) is 12.1 Å². The molecule has 0 aliphatic carbocycles. The Hall–Kier alpha value is -1.88. The van der Waals surface area contributed by atoms with Crippen LogP contribution in [0.4, 0.5) is 15.8 Å². The van der Waals surface area contributed by atoms with E-state index in [1.165, 1.54) is 13.0 Å². The summed E-state index contributed by atoms with van der Waals surface area (Å²) in [5, 5.41) is 5.98. The van der Waals surface area contributed by atoms with Crippen molar-refractivity contribution in [3.8, 4) is 0 Å². The molecule has 2 N–H and O–H groups in total. The highest BCUT2D eigenvalue weighted by Gasteiger charge is 2.08. The van der Waals surface area contributed by atoms with Crippen molar-refractivity contribution in [2.45, 2.75) is 19.9 Å². The molecule has 1 amide bonds. The van der Waals surface area contributed by atoms with Gasteiger partial charge in [-0.15, -0.1) is 0 Å². The minimum Gasteiger partial charge on any atom is -0.378 e. The molecule has 0 aromatic heterocycles. The quantitative estimate of drug-likeness (QED) is 0.837. The van der Waals surface area contributed by atoms with Gasteiger partial charge in [0.1, 0.15) is 5.82 Å². The van der Waals surface area contributed by atoms with Crippen molar-refractivity contribution in [3.05, 3.63) is 58.3 Å². The Kier molecular flexibility index (Phi) is 4.96. The molecule has 0 radical (unpaired) electrons. The van der Waals surface area contributed by atoms with Gasteiger partial charge in [0, 0.05) is 24.3 Å². The molecule has 0 saturated heterocycles. The van der Waals surface area contributed by atoms with Crippen molar-refractivity contribution in [2.75, 3.05) is 10.6 Å². The standard InChI is InChI=1S/C16H16BrFN2O/c1-10(19-14-6-7-15(17)16(18)9-14)12-4-3-5-13(8-12)20-11(2)21/h3-10,19H,1-2H3,(H,20,21). The SMILES string of the molecule is CC(=O)Nc1cccc(C(C)Nc2ccc(Br)c(F)c2)c1. The van der Waals surface area contributed by atoms with Gasteiger partial charge in [-0.1, -0.05) is 12.1 Å². The number of amides is 1. The fourth-order valence-electron chi connectivity index (χ4n) is 2.01. The molecule has 21 heavy (non-hydrogen) atoms. The van der Waals surface area contributed by atoms with Crippen LogP contribution in [0.5, 0.6) is 0 Å². The monoisotopic (exact) mass is 350 g/mol. The van der Waals surface area contributed by atoms with Gasteiger partial charge in [0.05, 0.1) is 4.47 Å². The summed E-state index contributed by atoms with van der Waals surface area (Å²) in [6.45, 7) is 3.45. The molecule has 2 rings (SSSR count). The number of hydrogen-bond donors (Lipinski definition) is 2. The Morgan fingerprint density at radius 3 is 2.62 bits per heavy atom. The molecule has 0 aliphatic rings. The predicted octanol–water partition coefficient (Wildman–Crippen LogP) is 4.72. The molecule has 0 aliphatic heterocycles. The predicted molar refractivity (Wildman–Crippen MR) is 86.9 cm³/mol. The summed E-state index contributed by atoms with van der Waals surface area (Å²) < 4.78 is 13.9. The number of anilines is 2. The average molecular weight is 351 g/mol. The number of rotatable bonds is 4. The van der Waals surface area contributed by atoms with Crippen LogP contribution >= 0.6 is 15.9 Å². The maximum absolute atomic E-state index is 13.5. The van der Waals surface area contributed by atoms with Crippen LogP contribution in [0.1, 0.15) is 25.5 Å². The summed E-state index contributed by atoms with van der Waals surface area (Å²) in [5.41, 5.74) is 2.45. The van der Waals surface area contributed by atoms with E-state index in [1.807, 2.05) is 31.2 Å². The lowest BCUT2D eigenvalue weighted by atomic mass is 10.1. The normalized spacial score (nSPS) is 11.8. The first-order valence-electron chi connectivity index (χ1n) is 6.55. The van der Waals surface area contributed by atoms with Crippen LogP contribution in [-0.2, 0) is 4.79 Å². The number of carbonyl (C=O) groups is 1. The van der Waals surface area contributed by atoms with Gasteiger partial charge in [-0.05, 0) is 58.7 Å². The van der Waals surface area contributed by atoms with Crippen molar-refractivity contribution in [1.29, 1.82) is 0 Å². The Labute approximate surface area is 131 Å². The highest BCUT2D eigenvalue weighted by Crippen LogP contribution is 2.24. The molecule has 2 aromatic rings. The van der Waals surface area contributed by atoms with E-state index in [9.17, 15) is 9.18 Å². The van der Waals surface area contributed by atoms with Gasteiger partial charge < -0.3 is 10.6 Å². The smallest absolute Gasteiger partial charge is 0.221 e. The molecule has 5 heteroatoms. The molecule has 110 valence electrons. The summed E-state index contributed by atoms with van der Waals surface area (Å²) in [5.74, 6) is -0.415. The number of halogens is 2. The molecule has 1 unspecified atom stereocenters. The molecule has 2 aromatic carbocycles. The van der Waals surface area contributed by atoms with Gasteiger partial charge in [-0.3, -0.25) is 4.79 Å². The second-order valence-corrected chi connectivity index (χ2v) is 5.66. The molecule has 1 atom stereocenters. The Morgan fingerprint density at radius 2 is 1.95 bits per heavy atom. The van der Waals surface area contributed by atoms with Crippen LogP contribution in [0.2, 0.25) is 0 Å². The van der Waals surface area contributed by atoms with Crippen molar-refractivity contribution < 1.29 is 9.18 Å². The second kappa shape index (κ2) is 6.72. The third kappa shape index (κ3) is 4.29. The molecule has 3 nitrogen and oxygen atoms in total. The van der Waals surface area contributed by atoms with Crippen LogP contribution in [0.15, 0.2) is 46.9 Å². The Balaban J connectivity index is 2.14. The van der Waals surface area contributed by atoms with Crippen LogP contribution < -0.4 is 10.6 Å². The summed E-state index contributed by atoms with van der Waals surface area (Å²) in [6.07, 6.45) is 0. The number of benzene rings is 2. The van der Waals surface area contributed by atoms with Crippen LogP contribution in [-0.4, -0.2) is 5.91 Å². The van der Waals surface area contributed by atoms with E-state index < -0.39 is 0 Å². The van der Waals surface area contributed by atoms with Gasteiger partial charge in [0.25, 0.3) is 0 Å². The second-order valence-electron chi connectivity index (χ2n) is 4.80. The summed E-state index contributed by atoms with van der Waals surface area (Å²) >= 11 is 3.13. The van der Waals surface area contributed by atoms with Crippen molar-refractivity contribution in [2.24, 2.45) is 0 Å². The molecule has 0 saturated carbocycles. The maximum Gasteiger partial charge on any atom is 0.221 e. The zero-order valence-corrected chi connectivity index (χ0v) is 13.4. The fraction of sp³-hybridized carbons (Fsp3) is 0.188. The van der Waals surface area contributed by atoms with Gasteiger partial charge in [0.15, 0.2) is 0 Å². The highest BCUT2D eigenvalue weighted by atomic mass is 79.9. The first kappa shape index (κ1) is 15.5. The van der Waals surface area contributed by atoms with Crippen molar-refractivity contribution in [1.82, 2.24) is 0 Å². The molecular formula is C16H16BrFN2O. The molecule has 0 fully saturated rings. The van der Waals surface area contributed by atoms with Crippen molar-refractivity contribution >= 4 is 33.2 Å². The van der Waals surface area contributed by atoms with E-state index in [0.717, 1.165) is 11.3 Å². The number of nitrogens with one attached hydrogen (secondary N) is 2. The zero-order chi connectivity index (χ0) is 15.4. The third-order valence-electron chi connectivity index (χ3n) is 3.01. The van der Waals surface area contributed by atoms with Crippen LogP contribution in [0, 0.1) is 5.82 Å². The van der Waals surface area contributed by atoms with E-state index in [-0.39, 0.29) is 17.8 Å². The number of carbonyl (C=O) groups excluding carboxylic acids is 1. The summed E-state index contributed by atoms with van der Waals surface area (Å²) in [6, 6.07) is 12.5. The first-order chi connectivity index (χ1) is 9.95. The summed E-state index contributed by atoms with van der Waals surface area (Å²) in [4.78, 5) is 11.1. The molecular weight excluding hydrogens is 335 g/mol. The van der Waals surface area contributed by atoms with Gasteiger partial charge >= 0.3 is 0 Å². The topological polar surface area (TPSA) is 41.1 Å². The molecule has 0 heterocycles. The van der Waals surface area contributed by atoms with Crippen molar-refractivity contribution in [3.63, 3.8) is 0 Å². The third-order valence-corrected chi connectivity index (χ3v) is 3.65. The number of hydrogen-bond acceptors (Lipinski definition) is 2. The molecule has 0 bridgehead atoms. The Morgan fingerprint density at radius 1 is 1.19 bits per heavy atom. The van der Waals surface area contributed by atoms with Gasteiger partial charge in [-0.25, -0.2) is 4.39 Å². The maximum atomic E-state index is 13.5. The minimum atomic E-state index is -0.306. The van der Waals surface area contributed by atoms with E-state index in [4.69, 9.17) is 0 Å². The first-order valence-corrected chi connectivity index (χ1v) is 7.34. The van der Waals surface area contributed by atoms with E-state index in [2.05, 4.69) is 26.6 Å². The summed E-state index contributed by atoms with van der Waals surface area (Å²) in [7, 11) is 0. The van der Waals surface area contributed by atoms with Crippen LogP contribution in [0.25, 0.3) is 0 Å². The van der Waals surface area contributed by atoms with E-state index in [0.29, 0.717) is 10.2 Å². The molecule has 0 spiro atoms. The Bertz CT molecular complexity index is 660. The highest BCUT2D eigenvalue weighted by molar-refractivity contribution is 9.10. The average Bonchev–Trinajstić information content (AvgIpc) is 2.42. The van der Waals surface area contributed by atoms with Crippen LogP contribution in [0.3, 0.4) is 0 Å². The van der Waals surface area contributed by atoms with E-state index >= 15 is 0 Å². The lowest BCUT2D eigenvalue weighted by Crippen LogP contribution is -2.09. The fourth-order valence-corrected chi connectivity index (χ4v) is 2.25. The lowest BCUT2D eigenvalue weighted by Gasteiger charge is -2.17. The zero-order valence-electron chi connectivity index (χ0n) is 11.8. The van der Waals surface area contributed by atoms with Gasteiger partial charge in [-0.2, -0.15) is 0 Å². The van der Waals surface area contributed by atoms with Gasteiger partial charge in [0.2, 0.25) is 5.91 Å². The minimum absolute atomic E-state index is 0.0146. The lowest BCUT2D eigenvalue weighted by molar-refractivity contribution is -0.114.